The second-order valence-corrected chi connectivity index (χ2v) is 9.07. The van der Waals surface area contributed by atoms with Crippen molar-refractivity contribution in [2.75, 3.05) is 13.1 Å². The molecule has 1 fully saturated rings. The Labute approximate surface area is 178 Å². The number of benzene rings is 1. The van der Waals surface area contributed by atoms with Crippen LogP contribution < -0.4 is 5.32 Å². The van der Waals surface area contributed by atoms with E-state index in [-0.39, 0.29) is 24.0 Å². The Morgan fingerprint density at radius 1 is 1.17 bits per heavy atom. The van der Waals surface area contributed by atoms with Gasteiger partial charge in [-0.1, -0.05) is 30.3 Å². The Hall–Kier alpha value is -2.83. The molecule has 7 heteroatoms. The molecule has 0 radical (unpaired) electrons. The number of aryl methyl sites for hydroxylation is 2. The maximum atomic E-state index is 13.0. The van der Waals surface area contributed by atoms with E-state index >= 15 is 0 Å². The van der Waals surface area contributed by atoms with E-state index in [0.29, 0.717) is 13.1 Å². The van der Waals surface area contributed by atoms with Gasteiger partial charge in [0.2, 0.25) is 5.91 Å². The lowest BCUT2D eigenvalue weighted by molar-refractivity contribution is -0.124. The number of nitrogens with one attached hydrogen (secondary N) is 1. The van der Waals surface area contributed by atoms with Gasteiger partial charge in [-0.3, -0.25) is 9.48 Å². The predicted octanol–water partition coefficient (Wildman–Crippen LogP) is 3.58. The Kier molecular flexibility index (Phi) is 6.19. The summed E-state index contributed by atoms with van der Waals surface area (Å²) in [6.45, 7) is 12.2. The van der Waals surface area contributed by atoms with Gasteiger partial charge in [0.1, 0.15) is 11.6 Å². The zero-order chi connectivity index (χ0) is 22.1. The van der Waals surface area contributed by atoms with E-state index in [1.807, 2.05) is 77.9 Å². The molecule has 2 amide bonds. The first-order valence-electron chi connectivity index (χ1n) is 10.4. The van der Waals surface area contributed by atoms with Crippen LogP contribution in [0.25, 0.3) is 0 Å². The average molecular weight is 413 g/mol. The first kappa shape index (κ1) is 21.9. The molecule has 2 aromatic rings. The maximum Gasteiger partial charge on any atom is 0.410 e. The quantitative estimate of drug-likeness (QED) is 0.833. The van der Waals surface area contributed by atoms with E-state index in [2.05, 4.69) is 10.4 Å². The highest BCUT2D eigenvalue weighted by molar-refractivity contribution is 5.80. The number of rotatable bonds is 4. The standard InChI is InChI=1S/C23H32N4O3/c1-15-12-16(2)27(25-15)17(3)21(28)24-20-14-26(22(29)30-23(4,5)6)13-19(20)18-10-8-7-9-11-18/h7-12,17,19-20H,13-14H2,1-6H3,(H,24,28)/t17-,19+,20-/m1/s1. The van der Waals surface area contributed by atoms with Crippen molar-refractivity contribution in [3.05, 3.63) is 53.3 Å². The highest BCUT2D eigenvalue weighted by Gasteiger charge is 2.39. The van der Waals surface area contributed by atoms with E-state index in [4.69, 9.17) is 4.74 Å². The van der Waals surface area contributed by atoms with E-state index in [0.717, 1.165) is 17.0 Å². The van der Waals surface area contributed by atoms with Gasteiger partial charge < -0.3 is 15.0 Å². The van der Waals surface area contributed by atoms with Crippen LogP contribution in [0.5, 0.6) is 0 Å². The molecule has 1 saturated heterocycles. The van der Waals surface area contributed by atoms with Crippen molar-refractivity contribution in [1.29, 1.82) is 0 Å². The molecule has 0 saturated carbocycles. The first-order valence-corrected chi connectivity index (χ1v) is 10.4. The van der Waals surface area contributed by atoms with Crippen LogP contribution in [0.2, 0.25) is 0 Å². The van der Waals surface area contributed by atoms with E-state index < -0.39 is 11.6 Å². The fourth-order valence-corrected chi connectivity index (χ4v) is 3.92. The van der Waals surface area contributed by atoms with Gasteiger partial charge in [-0.05, 0) is 53.2 Å². The van der Waals surface area contributed by atoms with Crippen LogP contribution in [0, 0.1) is 13.8 Å². The molecule has 0 bridgehead atoms. The molecule has 1 N–H and O–H groups in total. The number of carbonyl (C=O) groups excluding carboxylic acids is 2. The zero-order valence-corrected chi connectivity index (χ0v) is 18.7. The molecule has 0 aliphatic carbocycles. The van der Waals surface area contributed by atoms with Crippen molar-refractivity contribution in [2.24, 2.45) is 0 Å². The van der Waals surface area contributed by atoms with Crippen molar-refractivity contribution >= 4 is 12.0 Å². The maximum absolute atomic E-state index is 13.0. The van der Waals surface area contributed by atoms with Crippen LogP contribution in [0.1, 0.15) is 56.6 Å². The van der Waals surface area contributed by atoms with Gasteiger partial charge in [0.25, 0.3) is 0 Å². The van der Waals surface area contributed by atoms with Crippen LogP contribution in [-0.4, -0.2) is 51.4 Å². The van der Waals surface area contributed by atoms with Crippen LogP contribution in [-0.2, 0) is 9.53 Å². The van der Waals surface area contributed by atoms with Crippen LogP contribution in [0.15, 0.2) is 36.4 Å². The molecule has 1 aromatic heterocycles. The minimum absolute atomic E-state index is 0.00433. The normalized spacial score (nSPS) is 20.1. The van der Waals surface area contributed by atoms with Gasteiger partial charge in [0.15, 0.2) is 0 Å². The molecule has 1 aliphatic heterocycles. The van der Waals surface area contributed by atoms with Crippen molar-refractivity contribution in [2.45, 2.75) is 65.1 Å². The number of likely N-dealkylation sites (tertiary alicyclic amines) is 1. The zero-order valence-electron chi connectivity index (χ0n) is 18.7. The minimum Gasteiger partial charge on any atom is -0.444 e. The topological polar surface area (TPSA) is 76.5 Å². The number of ether oxygens (including phenoxy) is 1. The number of amides is 2. The van der Waals surface area contributed by atoms with Crippen molar-refractivity contribution in [1.82, 2.24) is 20.0 Å². The van der Waals surface area contributed by atoms with Gasteiger partial charge in [0.05, 0.1) is 11.7 Å². The number of hydrogen-bond donors (Lipinski definition) is 1. The Morgan fingerprint density at radius 3 is 2.40 bits per heavy atom. The van der Waals surface area contributed by atoms with Crippen LogP contribution in [0.3, 0.4) is 0 Å². The van der Waals surface area contributed by atoms with Crippen molar-refractivity contribution in [3.8, 4) is 0 Å². The van der Waals surface area contributed by atoms with E-state index in [1.54, 1.807) is 9.58 Å². The lowest BCUT2D eigenvalue weighted by atomic mass is 9.94. The van der Waals surface area contributed by atoms with Gasteiger partial charge in [-0.2, -0.15) is 5.10 Å². The lowest BCUT2D eigenvalue weighted by Gasteiger charge is -2.24. The second kappa shape index (κ2) is 8.50. The predicted molar refractivity (Wildman–Crippen MR) is 115 cm³/mol. The Balaban J connectivity index is 1.78. The summed E-state index contributed by atoms with van der Waals surface area (Å²) in [6, 6.07) is 11.3. The van der Waals surface area contributed by atoms with Gasteiger partial charge in [-0.15, -0.1) is 0 Å². The Morgan fingerprint density at radius 2 is 1.83 bits per heavy atom. The molecule has 1 aromatic carbocycles. The van der Waals surface area contributed by atoms with Crippen LogP contribution >= 0.6 is 0 Å². The van der Waals surface area contributed by atoms with E-state index in [9.17, 15) is 9.59 Å². The Bertz CT molecular complexity index is 901. The third kappa shape index (κ3) is 5.01. The summed E-state index contributed by atoms with van der Waals surface area (Å²) in [5.74, 6) is -0.117. The third-order valence-electron chi connectivity index (χ3n) is 5.32. The fourth-order valence-electron chi connectivity index (χ4n) is 3.92. The molecular formula is C23H32N4O3. The minimum atomic E-state index is -0.565. The lowest BCUT2D eigenvalue weighted by Crippen LogP contribution is -2.44. The summed E-state index contributed by atoms with van der Waals surface area (Å²) in [5, 5.41) is 7.60. The monoisotopic (exact) mass is 412 g/mol. The number of hydrogen-bond acceptors (Lipinski definition) is 4. The summed E-state index contributed by atoms with van der Waals surface area (Å²) in [4.78, 5) is 27.4. The summed E-state index contributed by atoms with van der Waals surface area (Å²) in [6.07, 6.45) is -0.355. The van der Waals surface area contributed by atoms with Gasteiger partial charge in [-0.25, -0.2) is 4.79 Å². The largest absolute Gasteiger partial charge is 0.444 e. The molecule has 0 spiro atoms. The fraction of sp³-hybridized carbons (Fsp3) is 0.522. The molecule has 7 nitrogen and oxygen atoms in total. The third-order valence-corrected chi connectivity index (χ3v) is 5.32. The SMILES string of the molecule is Cc1cc(C)n([C@H](C)C(=O)N[C@@H]2CN(C(=O)OC(C)(C)C)C[C@H]2c2ccccc2)n1. The summed E-state index contributed by atoms with van der Waals surface area (Å²) in [5.41, 5.74) is 2.35. The van der Waals surface area contributed by atoms with Crippen LogP contribution in [0.4, 0.5) is 4.79 Å². The molecule has 3 rings (SSSR count). The molecule has 3 atom stereocenters. The molecule has 162 valence electrons. The van der Waals surface area contributed by atoms with E-state index in [1.165, 1.54) is 0 Å². The highest BCUT2D eigenvalue weighted by atomic mass is 16.6. The smallest absolute Gasteiger partial charge is 0.410 e. The number of aromatic nitrogens is 2. The summed E-state index contributed by atoms with van der Waals surface area (Å²) in [7, 11) is 0. The second-order valence-electron chi connectivity index (χ2n) is 9.07. The van der Waals surface area contributed by atoms with Gasteiger partial charge >= 0.3 is 6.09 Å². The highest BCUT2D eigenvalue weighted by Crippen LogP contribution is 2.29. The molecule has 1 aliphatic rings. The number of carbonyl (C=O) groups is 2. The average Bonchev–Trinajstić information content (AvgIpc) is 3.23. The number of nitrogens with zero attached hydrogens (tertiary/aromatic N) is 3. The van der Waals surface area contributed by atoms with Crippen molar-refractivity contribution < 1.29 is 14.3 Å². The molecular weight excluding hydrogens is 380 g/mol. The first-order chi connectivity index (χ1) is 14.0. The molecule has 30 heavy (non-hydrogen) atoms. The summed E-state index contributed by atoms with van der Waals surface area (Å²) >= 11 is 0. The summed E-state index contributed by atoms with van der Waals surface area (Å²) < 4.78 is 7.29. The molecule has 0 unspecified atom stereocenters. The van der Waals surface area contributed by atoms with Gasteiger partial charge in [0, 0.05) is 24.7 Å². The molecule has 2 heterocycles. The van der Waals surface area contributed by atoms with Crippen molar-refractivity contribution in [3.63, 3.8) is 0 Å².